The lowest BCUT2D eigenvalue weighted by molar-refractivity contribution is -0.150. The van der Waals surface area contributed by atoms with Crippen LogP contribution in [0, 0.1) is 0 Å². The van der Waals surface area contributed by atoms with Gasteiger partial charge in [0.2, 0.25) is 5.91 Å². The summed E-state index contributed by atoms with van der Waals surface area (Å²) in [6, 6.07) is 2.55. The minimum absolute atomic E-state index is 0.337. The summed E-state index contributed by atoms with van der Waals surface area (Å²) in [5.41, 5.74) is -1.27. The lowest BCUT2D eigenvalue weighted by Gasteiger charge is -2.09. The molecule has 0 bridgehead atoms. The molecule has 0 heterocycles. The van der Waals surface area contributed by atoms with Crippen LogP contribution in [0.4, 0.5) is 18.9 Å². The van der Waals surface area contributed by atoms with E-state index in [4.69, 9.17) is 10.2 Å². The molecule has 0 fully saturated rings. The largest absolute Gasteiger partial charge is 0.478 e. The average Bonchev–Trinajstić information content (AvgIpc) is 2.25. The maximum Gasteiger partial charge on any atom is 0.397 e. The van der Waals surface area contributed by atoms with Gasteiger partial charge < -0.3 is 15.5 Å². The fourth-order valence-electron chi connectivity index (χ4n) is 1.33. The summed E-state index contributed by atoms with van der Waals surface area (Å²) in [5, 5.41) is 19.3. The third kappa shape index (κ3) is 4.59. The van der Waals surface area contributed by atoms with E-state index in [1.165, 1.54) is 0 Å². The van der Waals surface area contributed by atoms with Crippen LogP contribution in [0.1, 0.15) is 27.1 Å². The molecule has 0 aliphatic carbocycles. The maximum absolute atomic E-state index is 12.0. The zero-order chi connectivity index (χ0) is 15.5. The number of amides is 1. The molecule has 20 heavy (non-hydrogen) atoms. The Balaban J connectivity index is 3.03. The normalized spacial score (nSPS) is 10.9. The van der Waals surface area contributed by atoms with E-state index in [1.54, 1.807) is 5.32 Å². The van der Waals surface area contributed by atoms with Crippen LogP contribution in [-0.2, 0) is 4.79 Å². The van der Waals surface area contributed by atoms with Crippen LogP contribution in [0.5, 0.6) is 0 Å². The van der Waals surface area contributed by atoms with Crippen LogP contribution in [0.15, 0.2) is 18.2 Å². The van der Waals surface area contributed by atoms with E-state index in [1.807, 2.05) is 0 Å². The van der Waals surface area contributed by atoms with Gasteiger partial charge >= 0.3 is 18.1 Å². The molecule has 0 radical (unpaired) electrons. The molecule has 0 unspecified atom stereocenters. The molecule has 1 aromatic rings. The molecule has 0 aliphatic rings. The number of carboxylic acids is 2. The van der Waals surface area contributed by atoms with E-state index in [0.29, 0.717) is 0 Å². The second kappa shape index (κ2) is 5.59. The molecule has 0 atom stereocenters. The van der Waals surface area contributed by atoms with Gasteiger partial charge in [-0.3, -0.25) is 4.79 Å². The van der Waals surface area contributed by atoms with Crippen LogP contribution in [0.25, 0.3) is 0 Å². The van der Waals surface area contributed by atoms with E-state index in [-0.39, 0.29) is 5.69 Å². The first-order valence-electron chi connectivity index (χ1n) is 5.07. The number of aromatic carboxylic acids is 2. The molecule has 1 amide bonds. The molecule has 0 aromatic heterocycles. The van der Waals surface area contributed by atoms with Crippen molar-refractivity contribution in [2.24, 2.45) is 0 Å². The zero-order valence-electron chi connectivity index (χ0n) is 9.69. The van der Waals surface area contributed by atoms with Crippen molar-refractivity contribution >= 4 is 23.5 Å². The van der Waals surface area contributed by atoms with Gasteiger partial charge in [-0.25, -0.2) is 9.59 Å². The summed E-state index contributed by atoms with van der Waals surface area (Å²) in [7, 11) is 0. The average molecular weight is 291 g/mol. The molecule has 0 saturated heterocycles. The van der Waals surface area contributed by atoms with Gasteiger partial charge in [0.15, 0.2) is 0 Å². The lowest BCUT2D eigenvalue weighted by Crippen LogP contribution is -2.21. The van der Waals surface area contributed by atoms with E-state index in [0.717, 1.165) is 18.2 Å². The number of nitrogens with one attached hydrogen (secondary N) is 1. The molecule has 0 spiro atoms. The minimum atomic E-state index is -4.72. The van der Waals surface area contributed by atoms with E-state index in [2.05, 4.69) is 0 Å². The monoisotopic (exact) mass is 291 g/mol. The van der Waals surface area contributed by atoms with Crippen LogP contribution in [0.3, 0.4) is 0 Å². The molecule has 0 saturated carbocycles. The molecular weight excluding hydrogens is 283 g/mol. The van der Waals surface area contributed by atoms with Crippen molar-refractivity contribution in [1.82, 2.24) is 0 Å². The SMILES string of the molecule is O=C(CC(F)(F)F)Nc1cc(C(=O)O)cc(C(=O)O)c1. The molecule has 6 nitrogen and oxygen atoms in total. The van der Waals surface area contributed by atoms with E-state index < -0.39 is 41.6 Å². The van der Waals surface area contributed by atoms with E-state index >= 15 is 0 Å². The van der Waals surface area contributed by atoms with Crippen molar-refractivity contribution in [3.05, 3.63) is 29.3 Å². The second-order valence-corrected chi connectivity index (χ2v) is 3.75. The Hall–Kier alpha value is -2.58. The number of carbonyl (C=O) groups is 3. The number of hydrogen-bond acceptors (Lipinski definition) is 3. The lowest BCUT2D eigenvalue weighted by atomic mass is 10.1. The summed E-state index contributed by atoms with van der Waals surface area (Å²) in [4.78, 5) is 32.6. The summed E-state index contributed by atoms with van der Waals surface area (Å²) in [6.45, 7) is 0. The van der Waals surface area contributed by atoms with Crippen molar-refractivity contribution in [3.63, 3.8) is 0 Å². The van der Waals surface area contributed by atoms with Gasteiger partial charge in [-0.1, -0.05) is 0 Å². The van der Waals surface area contributed by atoms with Crippen molar-refractivity contribution < 1.29 is 37.8 Å². The predicted molar refractivity (Wildman–Crippen MR) is 59.7 cm³/mol. The van der Waals surface area contributed by atoms with Crippen LogP contribution < -0.4 is 5.32 Å². The number of carbonyl (C=O) groups excluding carboxylic acids is 1. The fraction of sp³-hybridized carbons (Fsp3) is 0.182. The van der Waals surface area contributed by atoms with Gasteiger partial charge in [-0.05, 0) is 18.2 Å². The topological polar surface area (TPSA) is 104 Å². The summed E-state index contributed by atoms with van der Waals surface area (Å²) < 4.78 is 35.9. The smallest absolute Gasteiger partial charge is 0.397 e. The number of hydrogen-bond donors (Lipinski definition) is 3. The number of rotatable bonds is 4. The van der Waals surface area contributed by atoms with Crippen molar-refractivity contribution in [2.75, 3.05) is 5.32 Å². The van der Waals surface area contributed by atoms with Crippen molar-refractivity contribution in [3.8, 4) is 0 Å². The first kappa shape index (κ1) is 15.5. The summed E-state index contributed by atoms with van der Waals surface area (Å²) in [6.07, 6.45) is -6.48. The quantitative estimate of drug-likeness (QED) is 0.786. The van der Waals surface area contributed by atoms with E-state index in [9.17, 15) is 27.6 Å². The molecule has 0 aliphatic heterocycles. The molecule has 9 heteroatoms. The van der Waals surface area contributed by atoms with Gasteiger partial charge in [-0.2, -0.15) is 13.2 Å². The molecule has 108 valence electrons. The van der Waals surface area contributed by atoms with Crippen LogP contribution in [0.2, 0.25) is 0 Å². The Kier molecular flexibility index (Phi) is 4.33. The first-order valence-corrected chi connectivity index (χ1v) is 5.07. The number of anilines is 1. The van der Waals surface area contributed by atoms with Crippen LogP contribution in [-0.4, -0.2) is 34.2 Å². The number of halogens is 3. The Morgan fingerprint density at radius 3 is 1.80 bits per heavy atom. The first-order chi connectivity index (χ1) is 9.08. The number of benzene rings is 1. The van der Waals surface area contributed by atoms with Crippen molar-refractivity contribution in [2.45, 2.75) is 12.6 Å². The highest BCUT2D eigenvalue weighted by Gasteiger charge is 2.31. The second-order valence-electron chi connectivity index (χ2n) is 3.75. The van der Waals surface area contributed by atoms with Gasteiger partial charge in [0.25, 0.3) is 0 Å². The maximum atomic E-state index is 12.0. The third-order valence-corrected chi connectivity index (χ3v) is 2.07. The molecule has 1 rings (SSSR count). The number of alkyl halides is 3. The van der Waals surface area contributed by atoms with Gasteiger partial charge in [-0.15, -0.1) is 0 Å². The predicted octanol–water partition coefficient (Wildman–Crippen LogP) is 1.97. The third-order valence-electron chi connectivity index (χ3n) is 2.07. The highest BCUT2D eigenvalue weighted by molar-refractivity contribution is 5.98. The number of carboxylic acid groups (broad SMARTS) is 2. The summed E-state index contributed by atoms with van der Waals surface area (Å²) >= 11 is 0. The highest BCUT2D eigenvalue weighted by Crippen LogP contribution is 2.21. The standard InChI is InChI=1S/C11H8F3NO5/c12-11(13,14)4-8(16)15-7-2-5(9(17)18)1-6(3-7)10(19)20/h1-3H,4H2,(H,15,16)(H,17,18)(H,19,20). The Labute approximate surface area is 109 Å². The molecule has 1 aromatic carbocycles. The Bertz CT molecular complexity index is 535. The van der Waals surface area contributed by atoms with Crippen LogP contribution >= 0.6 is 0 Å². The highest BCUT2D eigenvalue weighted by atomic mass is 19.4. The van der Waals surface area contributed by atoms with Gasteiger partial charge in [0.05, 0.1) is 11.1 Å². The summed E-state index contributed by atoms with van der Waals surface area (Å²) in [5.74, 6) is -4.37. The Morgan fingerprint density at radius 2 is 1.45 bits per heavy atom. The van der Waals surface area contributed by atoms with Crippen molar-refractivity contribution in [1.29, 1.82) is 0 Å². The van der Waals surface area contributed by atoms with Gasteiger partial charge in [0, 0.05) is 5.69 Å². The molecular formula is C11H8F3NO5. The fourth-order valence-corrected chi connectivity index (χ4v) is 1.33. The minimum Gasteiger partial charge on any atom is -0.478 e. The zero-order valence-corrected chi connectivity index (χ0v) is 9.69. The molecule has 3 N–H and O–H groups in total. The van der Waals surface area contributed by atoms with Gasteiger partial charge in [0.1, 0.15) is 6.42 Å². The Morgan fingerprint density at radius 1 is 1.00 bits per heavy atom.